The summed E-state index contributed by atoms with van der Waals surface area (Å²) in [6.45, 7) is 4.11. The summed E-state index contributed by atoms with van der Waals surface area (Å²) < 4.78 is 0. The van der Waals surface area contributed by atoms with Crippen LogP contribution in [0.5, 0.6) is 0 Å². The van der Waals surface area contributed by atoms with E-state index < -0.39 is 0 Å². The molecule has 0 aliphatic heterocycles. The molecule has 0 saturated carbocycles. The van der Waals surface area contributed by atoms with Crippen molar-refractivity contribution in [2.24, 2.45) is 0 Å². The van der Waals surface area contributed by atoms with Crippen LogP contribution in [0.3, 0.4) is 0 Å². The van der Waals surface area contributed by atoms with Crippen molar-refractivity contribution in [1.82, 2.24) is 10.3 Å². The first-order valence-electron chi connectivity index (χ1n) is 6.58. The van der Waals surface area contributed by atoms with Crippen LogP contribution in [0.25, 0.3) is 0 Å². The van der Waals surface area contributed by atoms with Crippen LogP contribution >= 0.6 is 11.3 Å². The van der Waals surface area contributed by atoms with Gasteiger partial charge in [0, 0.05) is 35.5 Å². The second-order valence-corrected chi connectivity index (χ2v) is 6.15. The minimum Gasteiger partial charge on any atom is -0.373 e. The molecule has 0 fully saturated rings. The maximum Gasteiger partial charge on any atom is 0.253 e. The van der Waals surface area contributed by atoms with Crippen LogP contribution in [0, 0.1) is 6.92 Å². The molecule has 1 atom stereocenters. The molecule has 0 aromatic carbocycles. The van der Waals surface area contributed by atoms with Crippen LogP contribution < -0.4 is 10.6 Å². The third kappa shape index (κ3) is 3.81. The molecule has 20 heavy (non-hydrogen) atoms. The van der Waals surface area contributed by atoms with Gasteiger partial charge in [0.15, 0.2) is 0 Å². The maximum atomic E-state index is 12.1. The molecule has 2 heterocycles. The monoisotopic (exact) mass is 289 g/mol. The van der Waals surface area contributed by atoms with Crippen LogP contribution in [0.1, 0.15) is 27.0 Å². The van der Waals surface area contributed by atoms with E-state index in [9.17, 15) is 4.79 Å². The van der Waals surface area contributed by atoms with Gasteiger partial charge in [0.25, 0.3) is 5.91 Å². The van der Waals surface area contributed by atoms with Crippen LogP contribution in [-0.4, -0.2) is 24.0 Å². The van der Waals surface area contributed by atoms with Gasteiger partial charge in [-0.2, -0.15) is 0 Å². The van der Waals surface area contributed by atoms with Crippen molar-refractivity contribution >= 4 is 23.1 Å². The van der Waals surface area contributed by atoms with Crippen molar-refractivity contribution in [1.29, 1.82) is 0 Å². The molecule has 0 bridgehead atoms. The van der Waals surface area contributed by atoms with Gasteiger partial charge < -0.3 is 10.6 Å². The van der Waals surface area contributed by atoms with E-state index in [4.69, 9.17) is 0 Å². The molecular weight excluding hydrogens is 270 g/mol. The SMILES string of the molecule is CNc1ccc(C(=O)NC(C)Cc2ccc(C)s2)cn1. The van der Waals surface area contributed by atoms with Crippen molar-refractivity contribution < 1.29 is 4.79 Å². The minimum absolute atomic E-state index is 0.0825. The van der Waals surface area contributed by atoms with E-state index in [2.05, 4.69) is 34.7 Å². The van der Waals surface area contributed by atoms with Crippen LogP contribution in [0.4, 0.5) is 5.82 Å². The van der Waals surface area contributed by atoms with Gasteiger partial charge in [-0.3, -0.25) is 4.79 Å². The number of anilines is 1. The molecule has 2 aromatic heterocycles. The molecule has 1 unspecified atom stereocenters. The highest BCUT2D eigenvalue weighted by atomic mass is 32.1. The van der Waals surface area contributed by atoms with Crippen molar-refractivity contribution in [3.8, 4) is 0 Å². The molecule has 2 rings (SSSR count). The van der Waals surface area contributed by atoms with E-state index in [0.717, 1.165) is 12.2 Å². The fourth-order valence-electron chi connectivity index (χ4n) is 1.93. The van der Waals surface area contributed by atoms with Crippen molar-refractivity contribution in [2.45, 2.75) is 26.3 Å². The molecule has 0 saturated heterocycles. The van der Waals surface area contributed by atoms with E-state index in [1.165, 1.54) is 9.75 Å². The quantitative estimate of drug-likeness (QED) is 0.890. The first-order valence-corrected chi connectivity index (χ1v) is 7.40. The zero-order chi connectivity index (χ0) is 14.5. The van der Waals surface area contributed by atoms with Gasteiger partial charge in [-0.05, 0) is 38.1 Å². The van der Waals surface area contributed by atoms with Gasteiger partial charge >= 0.3 is 0 Å². The highest BCUT2D eigenvalue weighted by molar-refractivity contribution is 7.11. The summed E-state index contributed by atoms with van der Waals surface area (Å²) in [5.41, 5.74) is 0.582. The normalized spacial score (nSPS) is 11.9. The lowest BCUT2D eigenvalue weighted by Crippen LogP contribution is -2.33. The molecule has 0 spiro atoms. The Kier molecular flexibility index (Phi) is 4.74. The number of nitrogens with zero attached hydrogens (tertiary/aromatic N) is 1. The van der Waals surface area contributed by atoms with Crippen LogP contribution in [0.2, 0.25) is 0 Å². The summed E-state index contributed by atoms with van der Waals surface area (Å²) >= 11 is 1.77. The van der Waals surface area contributed by atoms with Gasteiger partial charge in [-0.25, -0.2) is 4.98 Å². The zero-order valence-corrected chi connectivity index (χ0v) is 12.8. The summed E-state index contributed by atoms with van der Waals surface area (Å²) in [4.78, 5) is 18.8. The molecule has 106 valence electrons. The van der Waals surface area contributed by atoms with Crippen molar-refractivity contribution in [3.63, 3.8) is 0 Å². The predicted octanol–water partition coefficient (Wildman–Crippen LogP) is 2.85. The molecule has 5 heteroatoms. The van der Waals surface area contributed by atoms with E-state index in [0.29, 0.717) is 5.56 Å². The zero-order valence-electron chi connectivity index (χ0n) is 11.9. The first-order chi connectivity index (χ1) is 9.58. The average Bonchev–Trinajstić information content (AvgIpc) is 2.84. The van der Waals surface area contributed by atoms with Crippen molar-refractivity contribution in [2.75, 3.05) is 12.4 Å². The number of carbonyl (C=O) groups excluding carboxylic acids is 1. The van der Waals surface area contributed by atoms with Gasteiger partial charge in [0.05, 0.1) is 5.56 Å². The lowest BCUT2D eigenvalue weighted by molar-refractivity contribution is 0.0940. The topological polar surface area (TPSA) is 54.0 Å². The average molecular weight is 289 g/mol. The minimum atomic E-state index is -0.0825. The maximum absolute atomic E-state index is 12.1. The number of rotatable bonds is 5. The third-order valence-electron chi connectivity index (χ3n) is 2.96. The van der Waals surface area contributed by atoms with E-state index in [-0.39, 0.29) is 11.9 Å². The Hall–Kier alpha value is -1.88. The van der Waals surface area contributed by atoms with Gasteiger partial charge in [-0.1, -0.05) is 0 Å². The third-order valence-corrected chi connectivity index (χ3v) is 3.99. The smallest absolute Gasteiger partial charge is 0.253 e. The summed E-state index contributed by atoms with van der Waals surface area (Å²) in [6.07, 6.45) is 2.44. The predicted molar refractivity (Wildman–Crippen MR) is 83.5 cm³/mol. The Labute approximate surface area is 123 Å². The van der Waals surface area contributed by atoms with Crippen LogP contribution in [0.15, 0.2) is 30.5 Å². The summed E-state index contributed by atoms with van der Waals surface area (Å²) in [5.74, 6) is 0.671. The summed E-state index contributed by atoms with van der Waals surface area (Å²) in [6, 6.07) is 7.89. The summed E-state index contributed by atoms with van der Waals surface area (Å²) in [7, 11) is 1.80. The van der Waals surface area contributed by atoms with E-state index in [1.54, 1.807) is 36.7 Å². The van der Waals surface area contributed by atoms with E-state index in [1.807, 2.05) is 6.92 Å². The Morgan fingerprint density at radius 1 is 1.35 bits per heavy atom. The molecule has 4 nitrogen and oxygen atoms in total. The number of nitrogens with one attached hydrogen (secondary N) is 2. The fraction of sp³-hybridized carbons (Fsp3) is 0.333. The van der Waals surface area contributed by atoms with Gasteiger partial charge in [-0.15, -0.1) is 11.3 Å². The lowest BCUT2D eigenvalue weighted by atomic mass is 10.2. The van der Waals surface area contributed by atoms with Crippen molar-refractivity contribution in [3.05, 3.63) is 45.8 Å². The highest BCUT2D eigenvalue weighted by Crippen LogP contribution is 2.16. The first kappa shape index (κ1) is 14.5. The number of aromatic nitrogens is 1. The number of carbonyl (C=O) groups is 1. The number of hydrogen-bond donors (Lipinski definition) is 2. The Bertz CT molecular complexity index is 577. The molecule has 0 radical (unpaired) electrons. The molecule has 1 amide bonds. The highest BCUT2D eigenvalue weighted by Gasteiger charge is 2.11. The number of thiophene rings is 1. The van der Waals surface area contributed by atoms with E-state index >= 15 is 0 Å². The summed E-state index contributed by atoms with van der Waals surface area (Å²) in [5, 5.41) is 5.93. The molecule has 2 N–H and O–H groups in total. The second kappa shape index (κ2) is 6.52. The molecule has 2 aromatic rings. The standard InChI is InChI=1S/C15H19N3OS/c1-10(8-13-6-4-11(2)20-13)18-15(19)12-5-7-14(16-3)17-9-12/h4-7,9-10H,8H2,1-3H3,(H,16,17)(H,18,19). The number of aryl methyl sites for hydroxylation is 1. The van der Waals surface area contributed by atoms with Gasteiger partial charge in [0.2, 0.25) is 0 Å². The van der Waals surface area contributed by atoms with Crippen LogP contribution in [-0.2, 0) is 6.42 Å². The second-order valence-electron chi connectivity index (χ2n) is 4.77. The fourth-order valence-corrected chi connectivity index (χ4v) is 2.95. The molecular formula is C15H19N3OS. The molecule has 0 aliphatic rings. The lowest BCUT2D eigenvalue weighted by Gasteiger charge is -2.13. The number of amides is 1. The molecule has 0 aliphatic carbocycles. The number of pyridine rings is 1. The largest absolute Gasteiger partial charge is 0.373 e. The Morgan fingerprint density at radius 2 is 2.15 bits per heavy atom. The van der Waals surface area contributed by atoms with Gasteiger partial charge in [0.1, 0.15) is 5.82 Å². The Balaban J connectivity index is 1.92. The Morgan fingerprint density at radius 3 is 2.70 bits per heavy atom. The number of hydrogen-bond acceptors (Lipinski definition) is 4.